The molecule has 1 aliphatic carbocycles. The Morgan fingerprint density at radius 1 is 1.35 bits per heavy atom. The van der Waals surface area contributed by atoms with Crippen molar-refractivity contribution in [3.05, 3.63) is 22.7 Å². The van der Waals surface area contributed by atoms with Crippen LogP contribution in [0.1, 0.15) is 27.2 Å². The van der Waals surface area contributed by atoms with E-state index in [-0.39, 0.29) is 22.6 Å². The molecule has 1 unspecified atom stereocenters. The lowest BCUT2D eigenvalue weighted by Crippen LogP contribution is -2.43. The van der Waals surface area contributed by atoms with Gasteiger partial charge in [0.05, 0.1) is 4.48 Å². The van der Waals surface area contributed by atoms with Crippen molar-refractivity contribution in [2.24, 2.45) is 5.41 Å². The maximum atomic E-state index is 12.0. The zero-order valence-corrected chi connectivity index (χ0v) is 11.9. The highest BCUT2D eigenvalue weighted by Crippen LogP contribution is 2.41. The van der Waals surface area contributed by atoms with Crippen LogP contribution in [0.3, 0.4) is 0 Å². The van der Waals surface area contributed by atoms with Gasteiger partial charge in [0, 0.05) is 23.9 Å². The molecule has 92 valence electrons. The summed E-state index contributed by atoms with van der Waals surface area (Å²) < 4.78 is 0.559. The molecule has 0 aromatic rings. The zero-order chi connectivity index (χ0) is 12.8. The predicted molar refractivity (Wildman–Crippen MR) is 69.7 cm³/mol. The van der Waals surface area contributed by atoms with Crippen LogP contribution in [0.15, 0.2) is 22.7 Å². The first-order chi connectivity index (χ1) is 7.73. The average Bonchev–Trinajstić information content (AvgIpc) is 2.50. The maximum absolute atomic E-state index is 12.0. The molecule has 1 heterocycles. The highest BCUT2D eigenvalue weighted by molar-refractivity contribution is 9.12. The molecular formula is C13H16BrNO2. The van der Waals surface area contributed by atoms with Gasteiger partial charge in [-0.2, -0.15) is 0 Å². The second-order valence-corrected chi connectivity index (χ2v) is 6.60. The molecule has 0 bridgehead atoms. The van der Waals surface area contributed by atoms with E-state index in [0.717, 1.165) is 0 Å². The van der Waals surface area contributed by atoms with Crippen molar-refractivity contribution in [3.63, 3.8) is 0 Å². The van der Waals surface area contributed by atoms with Crippen LogP contribution in [0.5, 0.6) is 0 Å². The van der Waals surface area contributed by atoms with Crippen LogP contribution in [0, 0.1) is 5.41 Å². The lowest BCUT2D eigenvalue weighted by Gasteiger charge is -2.33. The Morgan fingerprint density at radius 3 is 2.47 bits per heavy atom. The molecule has 1 saturated heterocycles. The second kappa shape index (κ2) is 3.80. The van der Waals surface area contributed by atoms with E-state index in [0.29, 0.717) is 17.4 Å². The van der Waals surface area contributed by atoms with Crippen LogP contribution in [0.2, 0.25) is 0 Å². The average molecular weight is 298 g/mol. The smallest absolute Gasteiger partial charge is 0.224 e. The summed E-state index contributed by atoms with van der Waals surface area (Å²) in [5, 5.41) is 0. The van der Waals surface area contributed by atoms with Gasteiger partial charge in [-0.25, -0.2) is 0 Å². The van der Waals surface area contributed by atoms with Crippen LogP contribution in [0.25, 0.3) is 0 Å². The molecular weight excluding hydrogens is 282 g/mol. The minimum atomic E-state index is -0.308. The molecule has 1 atom stereocenters. The SMILES string of the molecule is CC(C)(C)N1CC2(C=CC(=O)C(Br)=C2)CC1=O. The Hall–Kier alpha value is -0.900. The van der Waals surface area contributed by atoms with E-state index in [2.05, 4.69) is 15.9 Å². The second-order valence-electron chi connectivity index (χ2n) is 5.75. The number of hydrogen-bond donors (Lipinski definition) is 0. The van der Waals surface area contributed by atoms with E-state index in [9.17, 15) is 9.59 Å². The number of halogens is 1. The van der Waals surface area contributed by atoms with Gasteiger partial charge in [-0.3, -0.25) is 9.59 Å². The number of carbonyl (C=O) groups excluding carboxylic acids is 2. The molecule has 1 spiro atoms. The number of likely N-dealkylation sites (tertiary alicyclic amines) is 1. The fourth-order valence-electron chi connectivity index (χ4n) is 2.33. The molecule has 1 fully saturated rings. The number of rotatable bonds is 0. The molecule has 0 N–H and O–H groups in total. The summed E-state index contributed by atoms with van der Waals surface area (Å²) in [6.45, 7) is 6.73. The van der Waals surface area contributed by atoms with E-state index in [1.54, 1.807) is 6.08 Å². The van der Waals surface area contributed by atoms with Crippen molar-refractivity contribution in [1.82, 2.24) is 4.90 Å². The minimum absolute atomic E-state index is 0.0303. The van der Waals surface area contributed by atoms with Gasteiger partial charge in [0.25, 0.3) is 0 Å². The van der Waals surface area contributed by atoms with Crippen molar-refractivity contribution in [2.45, 2.75) is 32.7 Å². The third-order valence-corrected chi connectivity index (χ3v) is 3.88. The van der Waals surface area contributed by atoms with Gasteiger partial charge >= 0.3 is 0 Å². The largest absolute Gasteiger partial charge is 0.337 e. The molecule has 4 heteroatoms. The normalized spacial score (nSPS) is 29.2. The molecule has 0 saturated carbocycles. The Labute approximate surface area is 110 Å². The number of nitrogens with zero attached hydrogens (tertiary/aromatic N) is 1. The summed E-state index contributed by atoms with van der Waals surface area (Å²) in [6, 6.07) is 0. The molecule has 2 aliphatic rings. The first-order valence-corrected chi connectivity index (χ1v) is 6.45. The molecule has 0 radical (unpaired) electrons. The molecule has 0 aromatic heterocycles. The summed E-state index contributed by atoms with van der Waals surface area (Å²) in [5.41, 5.74) is -0.479. The first-order valence-electron chi connectivity index (χ1n) is 5.66. The summed E-state index contributed by atoms with van der Waals surface area (Å²) in [7, 11) is 0. The number of amides is 1. The molecule has 1 aliphatic heterocycles. The molecule has 0 aromatic carbocycles. The van der Waals surface area contributed by atoms with Gasteiger partial charge in [-0.15, -0.1) is 0 Å². The third-order valence-electron chi connectivity index (χ3n) is 3.26. The molecule has 1 amide bonds. The lowest BCUT2D eigenvalue weighted by molar-refractivity contribution is -0.131. The standard InChI is InChI=1S/C13H16BrNO2/c1-12(2,3)15-8-13(7-11(15)17)5-4-10(16)9(14)6-13/h4-6H,7-8H2,1-3H3. The Balaban J connectivity index is 2.31. The quantitative estimate of drug-likeness (QED) is 0.689. The van der Waals surface area contributed by atoms with Crippen molar-refractivity contribution in [1.29, 1.82) is 0 Å². The topological polar surface area (TPSA) is 37.4 Å². The first kappa shape index (κ1) is 12.6. The summed E-state index contributed by atoms with van der Waals surface area (Å²) in [6.07, 6.45) is 5.75. The summed E-state index contributed by atoms with van der Waals surface area (Å²) >= 11 is 3.26. The van der Waals surface area contributed by atoms with Gasteiger partial charge in [0.2, 0.25) is 5.91 Å². The van der Waals surface area contributed by atoms with Gasteiger partial charge < -0.3 is 4.90 Å². The number of hydrogen-bond acceptors (Lipinski definition) is 2. The monoisotopic (exact) mass is 297 g/mol. The van der Waals surface area contributed by atoms with E-state index in [1.165, 1.54) is 0 Å². The van der Waals surface area contributed by atoms with E-state index in [1.807, 2.05) is 37.8 Å². The Bertz CT molecular complexity index is 445. The third kappa shape index (κ3) is 2.23. The van der Waals surface area contributed by atoms with Crippen molar-refractivity contribution in [2.75, 3.05) is 6.54 Å². The van der Waals surface area contributed by atoms with Crippen molar-refractivity contribution >= 4 is 27.6 Å². The molecule has 17 heavy (non-hydrogen) atoms. The van der Waals surface area contributed by atoms with E-state index in [4.69, 9.17) is 0 Å². The van der Waals surface area contributed by atoms with Crippen LogP contribution in [-0.2, 0) is 9.59 Å². The Kier molecular flexibility index (Phi) is 2.81. The minimum Gasteiger partial charge on any atom is -0.337 e. The Morgan fingerprint density at radius 2 is 2.00 bits per heavy atom. The van der Waals surface area contributed by atoms with Crippen LogP contribution < -0.4 is 0 Å². The van der Waals surface area contributed by atoms with E-state index >= 15 is 0 Å². The number of carbonyl (C=O) groups is 2. The van der Waals surface area contributed by atoms with Crippen LogP contribution in [0.4, 0.5) is 0 Å². The fourth-order valence-corrected chi connectivity index (χ4v) is 2.92. The highest BCUT2D eigenvalue weighted by Gasteiger charge is 2.45. The maximum Gasteiger partial charge on any atom is 0.224 e. The molecule has 3 nitrogen and oxygen atoms in total. The predicted octanol–water partition coefficient (Wildman–Crippen LogP) is 2.42. The highest BCUT2D eigenvalue weighted by atomic mass is 79.9. The van der Waals surface area contributed by atoms with Gasteiger partial charge in [0.15, 0.2) is 5.78 Å². The van der Waals surface area contributed by atoms with Crippen LogP contribution >= 0.6 is 15.9 Å². The van der Waals surface area contributed by atoms with Gasteiger partial charge in [-0.05, 0) is 42.8 Å². The summed E-state index contributed by atoms with van der Waals surface area (Å²) in [4.78, 5) is 25.3. The molecule has 2 rings (SSSR count). The van der Waals surface area contributed by atoms with E-state index < -0.39 is 0 Å². The number of allylic oxidation sites excluding steroid dienone is 2. The fraction of sp³-hybridized carbons (Fsp3) is 0.538. The van der Waals surface area contributed by atoms with Crippen molar-refractivity contribution in [3.8, 4) is 0 Å². The summed E-state index contributed by atoms with van der Waals surface area (Å²) in [5.74, 6) is 0.116. The van der Waals surface area contributed by atoms with Crippen LogP contribution in [-0.4, -0.2) is 28.7 Å². The zero-order valence-electron chi connectivity index (χ0n) is 10.3. The van der Waals surface area contributed by atoms with Gasteiger partial charge in [-0.1, -0.05) is 12.2 Å². The van der Waals surface area contributed by atoms with Gasteiger partial charge in [0.1, 0.15) is 0 Å². The number of ketones is 1. The van der Waals surface area contributed by atoms with Crippen molar-refractivity contribution < 1.29 is 9.59 Å². The lowest BCUT2D eigenvalue weighted by atomic mass is 9.83.